The van der Waals surface area contributed by atoms with E-state index >= 15 is 0 Å². The smallest absolute Gasteiger partial charge is 0.303 e. The monoisotopic (exact) mass is 787 g/mol. The molecule has 0 bridgehead atoms. The maximum absolute atomic E-state index is 14.5. The Hall–Kier alpha value is -4.12. The zero-order chi connectivity index (χ0) is 40.8. The van der Waals surface area contributed by atoms with Crippen LogP contribution in [0.25, 0.3) is 0 Å². The van der Waals surface area contributed by atoms with Crippen molar-refractivity contribution < 1.29 is 38.6 Å². The first-order chi connectivity index (χ1) is 26.1. The number of hydrogen-bond donors (Lipinski definition) is 5. The van der Waals surface area contributed by atoms with E-state index in [-0.39, 0.29) is 66.6 Å². The molecule has 4 amide bonds. The number of carbonyl (C=O) groups is 5. The number of aromatic nitrogens is 1. The van der Waals surface area contributed by atoms with Crippen molar-refractivity contribution in [2.24, 2.45) is 23.6 Å². The highest BCUT2D eigenvalue weighted by atomic mass is 32.1. The lowest BCUT2D eigenvalue weighted by Gasteiger charge is -2.39. The van der Waals surface area contributed by atoms with Gasteiger partial charge in [0.1, 0.15) is 29.2 Å². The van der Waals surface area contributed by atoms with Gasteiger partial charge in [-0.05, 0) is 68.8 Å². The van der Waals surface area contributed by atoms with Crippen LogP contribution in [0.15, 0.2) is 29.6 Å². The largest absolute Gasteiger partial charge is 0.508 e. The number of thiazole rings is 1. The number of phenols is 1. The van der Waals surface area contributed by atoms with Gasteiger partial charge >= 0.3 is 5.97 Å². The van der Waals surface area contributed by atoms with Gasteiger partial charge in [0, 0.05) is 43.8 Å². The third-order valence-corrected chi connectivity index (χ3v) is 11.3. The van der Waals surface area contributed by atoms with Crippen molar-refractivity contribution in [2.75, 3.05) is 27.4 Å². The molecule has 55 heavy (non-hydrogen) atoms. The number of nitrogens with zero attached hydrogens (tertiary/aromatic N) is 3. The number of aromatic hydroxyl groups is 1. The van der Waals surface area contributed by atoms with Crippen LogP contribution in [0, 0.1) is 17.8 Å². The average Bonchev–Trinajstić information content (AvgIpc) is 3.65. The maximum Gasteiger partial charge on any atom is 0.303 e. The van der Waals surface area contributed by atoms with Crippen molar-refractivity contribution in [1.29, 1.82) is 0 Å². The number of benzene rings is 1. The second-order valence-corrected chi connectivity index (χ2v) is 15.9. The number of carbonyl (C=O) groups excluding carboxylic acids is 5. The van der Waals surface area contributed by atoms with Gasteiger partial charge in [0.2, 0.25) is 17.7 Å². The highest BCUT2D eigenvalue weighted by molar-refractivity contribution is 7.09. The van der Waals surface area contributed by atoms with Gasteiger partial charge in [-0.15, -0.1) is 11.3 Å². The zero-order valence-corrected chi connectivity index (χ0v) is 34.3. The molecule has 2 heterocycles. The lowest BCUT2D eigenvalue weighted by atomic mass is 9.92. The number of phenolic OH excluding ortho intramolecular Hbond substituents is 1. The Morgan fingerprint density at radius 3 is 2.35 bits per heavy atom. The minimum atomic E-state index is -0.905. The molecule has 1 unspecified atom stereocenters. The van der Waals surface area contributed by atoms with Crippen molar-refractivity contribution in [3.63, 3.8) is 0 Å². The van der Waals surface area contributed by atoms with E-state index in [1.54, 1.807) is 41.5 Å². The molecule has 2 aromatic rings. The predicted molar refractivity (Wildman–Crippen MR) is 209 cm³/mol. The highest BCUT2D eigenvalue weighted by Crippen LogP contribution is 2.32. The molecule has 1 saturated heterocycles. The van der Waals surface area contributed by atoms with Crippen LogP contribution in [-0.4, -0.2) is 101 Å². The summed E-state index contributed by atoms with van der Waals surface area (Å²) < 4.78 is 11.4. The number of nitrogens with two attached hydrogens (primary N) is 1. The molecule has 3 rings (SSSR count). The third kappa shape index (κ3) is 13.3. The Labute approximate surface area is 329 Å². The summed E-state index contributed by atoms with van der Waals surface area (Å²) >= 11 is 1.16. The number of hydrazine groups is 1. The van der Waals surface area contributed by atoms with Crippen molar-refractivity contribution in [2.45, 2.75) is 117 Å². The first kappa shape index (κ1) is 45.3. The SMILES string of the molecule is CCC(C)[C@H](NC(=O)[C@H]1CCCCN1C)C(=O)N(COC)[C@H](C[C@@H](OC(C)=O)c1nc(C(=O)N[C@@H](Cc2ccc(O)cc2)C[C@H](C)C(=O)NN)cs1)C(C)C. The van der Waals surface area contributed by atoms with E-state index in [2.05, 4.69) is 21.0 Å². The van der Waals surface area contributed by atoms with Gasteiger partial charge < -0.3 is 30.1 Å². The molecule has 16 heteroatoms. The number of rotatable bonds is 20. The molecule has 0 spiro atoms. The van der Waals surface area contributed by atoms with Crippen LogP contribution < -0.4 is 21.9 Å². The first-order valence-corrected chi connectivity index (χ1v) is 20.0. The second-order valence-electron chi connectivity index (χ2n) is 15.0. The molecule has 7 atom stereocenters. The summed E-state index contributed by atoms with van der Waals surface area (Å²) in [5, 5.41) is 17.7. The summed E-state index contributed by atoms with van der Waals surface area (Å²) in [6, 6.07) is 4.46. The van der Waals surface area contributed by atoms with Crippen LogP contribution in [0.4, 0.5) is 0 Å². The number of amides is 4. The Morgan fingerprint density at radius 1 is 1.07 bits per heavy atom. The molecule has 1 fully saturated rings. The molecule has 306 valence electrons. The fourth-order valence-electron chi connectivity index (χ4n) is 6.94. The minimum absolute atomic E-state index is 0.0604. The van der Waals surface area contributed by atoms with Crippen LogP contribution in [0.3, 0.4) is 0 Å². The van der Waals surface area contributed by atoms with E-state index < -0.39 is 42.0 Å². The number of esters is 1. The fourth-order valence-corrected chi connectivity index (χ4v) is 7.78. The molecule has 0 aliphatic carbocycles. The van der Waals surface area contributed by atoms with Crippen LogP contribution in [0.2, 0.25) is 0 Å². The van der Waals surface area contributed by atoms with Crippen molar-refractivity contribution in [1.82, 2.24) is 30.8 Å². The number of nitrogens with one attached hydrogen (secondary N) is 3. The van der Waals surface area contributed by atoms with Gasteiger partial charge in [-0.2, -0.15) is 0 Å². The fraction of sp³-hybridized carbons (Fsp3) is 0.641. The van der Waals surface area contributed by atoms with Crippen molar-refractivity contribution >= 4 is 40.9 Å². The van der Waals surface area contributed by atoms with Crippen LogP contribution in [0.1, 0.15) is 107 Å². The molecule has 0 radical (unpaired) electrons. The van der Waals surface area contributed by atoms with Crippen LogP contribution in [0.5, 0.6) is 5.75 Å². The summed E-state index contributed by atoms with van der Waals surface area (Å²) in [5.41, 5.74) is 3.09. The predicted octanol–water partition coefficient (Wildman–Crippen LogP) is 3.67. The molecule has 1 aliphatic rings. The van der Waals surface area contributed by atoms with Crippen molar-refractivity contribution in [3.8, 4) is 5.75 Å². The lowest BCUT2D eigenvalue weighted by molar-refractivity contribution is -0.152. The summed E-state index contributed by atoms with van der Waals surface area (Å²) in [6.45, 7) is 11.6. The van der Waals surface area contributed by atoms with Gasteiger partial charge in [-0.1, -0.05) is 59.6 Å². The number of hydrogen-bond acceptors (Lipinski definition) is 12. The first-order valence-electron chi connectivity index (χ1n) is 19.1. The Morgan fingerprint density at radius 2 is 1.76 bits per heavy atom. The Balaban J connectivity index is 1.88. The van der Waals surface area contributed by atoms with E-state index in [4.69, 9.17) is 15.3 Å². The average molecular weight is 788 g/mol. The van der Waals surface area contributed by atoms with Gasteiger partial charge in [-0.25, -0.2) is 10.8 Å². The lowest BCUT2D eigenvalue weighted by Crippen LogP contribution is -2.59. The topological polar surface area (TPSA) is 206 Å². The molecule has 1 aromatic heterocycles. The molecular formula is C39H61N7O8S. The maximum atomic E-state index is 14.5. The van der Waals surface area contributed by atoms with E-state index in [1.807, 2.05) is 39.6 Å². The number of likely N-dealkylation sites (N-methyl/N-ethyl adjacent to an activating group) is 1. The highest BCUT2D eigenvalue weighted by Gasteiger charge is 2.39. The molecule has 1 aliphatic heterocycles. The number of methoxy groups -OCH3 is 1. The molecule has 0 saturated carbocycles. The van der Waals surface area contributed by atoms with E-state index in [0.717, 1.165) is 42.7 Å². The quantitative estimate of drug-likeness (QED) is 0.0431. The van der Waals surface area contributed by atoms with Gasteiger partial charge in [-0.3, -0.25) is 34.3 Å². The Bertz CT molecular complexity index is 1570. The zero-order valence-electron chi connectivity index (χ0n) is 33.5. The third-order valence-electron chi connectivity index (χ3n) is 10.3. The van der Waals surface area contributed by atoms with Crippen molar-refractivity contribution in [3.05, 3.63) is 45.9 Å². The number of likely N-dealkylation sites (tertiary alicyclic amines) is 1. The summed E-state index contributed by atoms with van der Waals surface area (Å²) in [4.78, 5) is 74.7. The standard InChI is InChI=1S/C39H61N7O8S/c1-9-24(4)34(43-37(51)31-12-10-11-17-45(31)7)39(52)46(22-53-8)32(23(2)3)20-33(54-26(6)47)38-42-30(21-55-38)36(50)41-28(18-25(5)35(49)44-40)19-27-13-15-29(48)16-14-27/h13-16,21,23-25,28,31-34,48H,9-12,17-20,22,40H2,1-8H3,(H,41,50)(H,43,51)(H,44,49)/t24?,25-,28+,31+,32+,33+,34-/m0/s1. The minimum Gasteiger partial charge on any atom is -0.508 e. The van der Waals surface area contributed by atoms with E-state index in [0.29, 0.717) is 17.8 Å². The van der Waals surface area contributed by atoms with Crippen LogP contribution in [-0.2, 0) is 35.1 Å². The Kier molecular flexibility index (Phi) is 18.0. The molecule has 15 nitrogen and oxygen atoms in total. The summed E-state index contributed by atoms with van der Waals surface area (Å²) in [5.74, 6) is 2.77. The van der Waals surface area contributed by atoms with Gasteiger partial charge in [0.25, 0.3) is 5.91 Å². The van der Waals surface area contributed by atoms with E-state index in [1.165, 1.54) is 14.0 Å². The molecule has 6 N–H and O–H groups in total. The second kappa shape index (κ2) is 21.8. The van der Waals surface area contributed by atoms with Crippen LogP contribution >= 0.6 is 11.3 Å². The normalized spacial score (nSPS) is 18.0. The number of ether oxygens (including phenoxy) is 2. The molecular weight excluding hydrogens is 727 g/mol. The molecule has 1 aromatic carbocycles. The van der Waals surface area contributed by atoms with E-state index in [9.17, 15) is 29.1 Å². The van der Waals surface area contributed by atoms with Gasteiger partial charge in [0.05, 0.1) is 6.04 Å². The number of piperidine rings is 1. The summed E-state index contributed by atoms with van der Waals surface area (Å²) in [7, 11) is 3.43. The summed E-state index contributed by atoms with van der Waals surface area (Å²) in [6.07, 6.45) is 3.24. The van der Waals surface area contributed by atoms with Gasteiger partial charge in [0.15, 0.2) is 6.10 Å².